The van der Waals surface area contributed by atoms with Gasteiger partial charge in [-0.1, -0.05) is 6.92 Å². The molecule has 0 bridgehead atoms. The van der Waals surface area contributed by atoms with Crippen LogP contribution in [0, 0.1) is 5.92 Å². The van der Waals surface area contributed by atoms with Crippen LogP contribution >= 0.6 is 0 Å². The molecule has 1 fully saturated rings. The average Bonchev–Trinajstić information content (AvgIpc) is 2.29. The van der Waals surface area contributed by atoms with E-state index in [-0.39, 0.29) is 17.9 Å². The summed E-state index contributed by atoms with van der Waals surface area (Å²) >= 11 is 0. The molecule has 18 heavy (non-hydrogen) atoms. The van der Waals surface area contributed by atoms with Crippen molar-refractivity contribution in [1.82, 2.24) is 10.6 Å². The zero-order valence-electron chi connectivity index (χ0n) is 11.5. The Labute approximate surface area is 108 Å². The van der Waals surface area contributed by atoms with E-state index < -0.39 is 11.5 Å². The van der Waals surface area contributed by atoms with Crippen molar-refractivity contribution in [3.63, 3.8) is 0 Å². The maximum absolute atomic E-state index is 12.0. The SMILES string of the molecule is CCNC(C)(C)C(=O)NC1CCC(C(=O)O)CC1. The summed E-state index contributed by atoms with van der Waals surface area (Å²) < 4.78 is 0. The van der Waals surface area contributed by atoms with Gasteiger partial charge < -0.3 is 15.7 Å². The predicted molar refractivity (Wildman–Crippen MR) is 69.3 cm³/mol. The number of hydrogen-bond acceptors (Lipinski definition) is 3. The lowest BCUT2D eigenvalue weighted by molar-refractivity contribution is -0.142. The third-order valence-electron chi connectivity index (χ3n) is 3.60. The van der Waals surface area contributed by atoms with Gasteiger partial charge in [-0.25, -0.2) is 0 Å². The van der Waals surface area contributed by atoms with E-state index in [1.165, 1.54) is 0 Å². The summed E-state index contributed by atoms with van der Waals surface area (Å²) in [6, 6.07) is 0.117. The quantitative estimate of drug-likeness (QED) is 0.689. The van der Waals surface area contributed by atoms with Crippen molar-refractivity contribution < 1.29 is 14.7 Å². The molecule has 104 valence electrons. The summed E-state index contributed by atoms with van der Waals surface area (Å²) in [5.41, 5.74) is -0.571. The predicted octanol–water partition coefficient (Wildman–Crippen LogP) is 1.13. The van der Waals surface area contributed by atoms with Crippen molar-refractivity contribution in [1.29, 1.82) is 0 Å². The Balaban J connectivity index is 2.41. The standard InChI is InChI=1S/C13H24N2O3/c1-4-14-13(2,3)12(18)15-10-7-5-9(6-8-10)11(16)17/h9-10,14H,4-8H2,1-3H3,(H,15,18)(H,16,17). The van der Waals surface area contributed by atoms with E-state index in [4.69, 9.17) is 5.11 Å². The summed E-state index contributed by atoms with van der Waals surface area (Å²) in [6.07, 6.45) is 2.82. The molecule has 0 aliphatic heterocycles. The van der Waals surface area contributed by atoms with Crippen LogP contribution < -0.4 is 10.6 Å². The van der Waals surface area contributed by atoms with Gasteiger partial charge in [-0.05, 0) is 46.1 Å². The van der Waals surface area contributed by atoms with E-state index in [1.807, 2.05) is 20.8 Å². The van der Waals surface area contributed by atoms with E-state index in [9.17, 15) is 9.59 Å². The number of aliphatic carboxylic acids is 1. The van der Waals surface area contributed by atoms with Crippen molar-refractivity contribution in [3.05, 3.63) is 0 Å². The first kappa shape index (κ1) is 15.0. The van der Waals surface area contributed by atoms with E-state index in [0.717, 1.165) is 19.4 Å². The second-order valence-electron chi connectivity index (χ2n) is 5.52. The molecule has 0 aromatic rings. The molecule has 0 radical (unpaired) electrons. The molecule has 1 aliphatic rings. The first-order chi connectivity index (χ1) is 8.36. The summed E-state index contributed by atoms with van der Waals surface area (Å²) in [5.74, 6) is -0.962. The molecule has 1 saturated carbocycles. The van der Waals surface area contributed by atoms with E-state index in [2.05, 4.69) is 10.6 Å². The van der Waals surface area contributed by atoms with Crippen LogP contribution in [0.4, 0.5) is 0 Å². The van der Waals surface area contributed by atoms with Crippen LogP contribution in [0.5, 0.6) is 0 Å². The number of carbonyl (C=O) groups excluding carboxylic acids is 1. The molecule has 0 heterocycles. The fourth-order valence-corrected chi connectivity index (χ4v) is 2.37. The first-order valence-corrected chi connectivity index (χ1v) is 6.65. The van der Waals surface area contributed by atoms with Crippen LogP contribution in [0.1, 0.15) is 46.5 Å². The van der Waals surface area contributed by atoms with E-state index in [0.29, 0.717) is 12.8 Å². The fraction of sp³-hybridized carbons (Fsp3) is 0.846. The molecule has 1 rings (SSSR count). The molecule has 0 saturated heterocycles. The number of rotatable bonds is 5. The molecule has 1 aliphatic carbocycles. The number of likely N-dealkylation sites (N-methyl/N-ethyl adjacent to an activating group) is 1. The Morgan fingerprint density at radius 2 is 1.78 bits per heavy atom. The van der Waals surface area contributed by atoms with Crippen LogP contribution in [0.3, 0.4) is 0 Å². The van der Waals surface area contributed by atoms with Crippen molar-refractivity contribution in [2.24, 2.45) is 5.92 Å². The monoisotopic (exact) mass is 256 g/mol. The highest BCUT2D eigenvalue weighted by Crippen LogP contribution is 2.24. The molecule has 0 spiro atoms. The maximum Gasteiger partial charge on any atom is 0.306 e. The third kappa shape index (κ3) is 3.98. The minimum Gasteiger partial charge on any atom is -0.481 e. The summed E-state index contributed by atoms with van der Waals surface area (Å²) in [4.78, 5) is 22.9. The van der Waals surface area contributed by atoms with Gasteiger partial charge in [-0.2, -0.15) is 0 Å². The number of amides is 1. The number of carbonyl (C=O) groups is 2. The Hall–Kier alpha value is -1.10. The normalized spacial score (nSPS) is 24.6. The van der Waals surface area contributed by atoms with Crippen molar-refractivity contribution in [3.8, 4) is 0 Å². The molecule has 5 heteroatoms. The topological polar surface area (TPSA) is 78.4 Å². The highest BCUT2D eigenvalue weighted by atomic mass is 16.4. The lowest BCUT2D eigenvalue weighted by Crippen LogP contribution is -2.55. The third-order valence-corrected chi connectivity index (χ3v) is 3.60. The van der Waals surface area contributed by atoms with Gasteiger partial charge in [0.05, 0.1) is 11.5 Å². The first-order valence-electron chi connectivity index (χ1n) is 6.65. The molecular weight excluding hydrogens is 232 g/mol. The average molecular weight is 256 g/mol. The molecule has 3 N–H and O–H groups in total. The van der Waals surface area contributed by atoms with Gasteiger partial charge >= 0.3 is 5.97 Å². The second kappa shape index (κ2) is 6.18. The van der Waals surface area contributed by atoms with Crippen LogP contribution in [0.2, 0.25) is 0 Å². The van der Waals surface area contributed by atoms with Gasteiger partial charge in [0, 0.05) is 6.04 Å². The minimum absolute atomic E-state index is 0.0110. The molecular formula is C13H24N2O3. The molecule has 0 unspecified atom stereocenters. The van der Waals surface area contributed by atoms with Gasteiger partial charge in [-0.3, -0.25) is 9.59 Å². The lowest BCUT2D eigenvalue weighted by Gasteiger charge is -2.31. The largest absolute Gasteiger partial charge is 0.481 e. The Morgan fingerprint density at radius 3 is 2.22 bits per heavy atom. The van der Waals surface area contributed by atoms with Crippen LogP contribution in [0.25, 0.3) is 0 Å². The molecule has 0 aromatic heterocycles. The highest BCUT2D eigenvalue weighted by Gasteiger charge is 2.31. The maximum atomic E-state index is 12.0. The number of hydrogen-bond donors (Lipinski definition) is 3. The summed E-state index contributed by atoms with van der Waals surface area (Å²) in [5, 5.41) is 15.0. The molecule has 0 atom stereocenters. The second-order valence-corrected chi connectivity index (χ2v) is 5.52. The fourth-order valence-electron chi connectivity index (χ4n) is 2.37. The number of carboxylic acids is 1. The lowest BCUT2D eigenvalue weighted by atomic mass is 9.86. The summed E-state index contributed by atoms with van der Waals surface area (Å²) in [7, 11) is 0. The van der Waals surface area contributed by atoms with Gasteiger partial charge in [0.2, 0.25) is 5.91 Å². The molecule has 0 aromatic carbocycles. The van der Waals surface area contributed by atoms with Crippen LogP contribution in [-0.2, 0) is 9.59 Å². The van der Waals surface area contributed by atoms with Crippen LogP contribution in [0.15, 0.2) is 0 Å². The van der Waals surface area contributed by atoms with Gasteiger partial charge in [0.1, 0.15) is 0 Å². The van der Waals surface area contributed by atoms with Crippen molar-refractivity contribution in [2.45, 2.75) is 58.0 Å². The zero-order valence-corrected chi connectivity index (χ0v) is 11.5. The van der Waals surface area contributed by atoms with Crippen molar-refractivity contribution >= 4 is 11.9 Å². The van der Waals surface area contributed by atoms with Gasteiger partial charge in [-0.15, -0.1) is 0 Å². The van der Waals surface area contributed by atoms with Gasteiger partial charge in [0.15, 0.2) is 0 Å². The van der Waals surface area contributed by atoms with E-state index in [1.54, 1.807) is 0 Å². The Morgan fingerprint density at radius 1 is 1.22 bits per heavy atom. The Kier molecular flexibility index (Phi) is 5.14. The summed E-state index contributed by atoms with van der Waals surface area (Å²) in [6.45, 7) is 6.42. The number of carboxylic acid groups (broad SMARTS) is 1. The van der Waals surface area contributed by atoms with Crippen molar-refractivity contribution in [2.75, 3.05) is 6.54 Å². The molecule has 5 nitrogen and oxygen atoms in total. The van der Waals surface area contributed by atoms with Gasteiger partial charge in [0.25, 0.3) is 0 Å². The number of nitrogens with one attached hydrogen (secondary N) is 2. The Bertz CT molecular complexity index is 307. The highest BCUT2D eigenvalue weighted by molar-refractivity contribution is 5.85. The minimum atomic E-state index is -0.715. The smallest absolute Gasteiger partial charge is 0.306 e. The molecule has 1 amide bonds. The van der Waals surface area contributed by atoms with E-state index >= 15 is 0 Å². The van der Waals surface area contributed by atoms with Crippen LogP contribution in [-0.4, -0.2) is 35.1 Å². The zero-order chi connectivity index (χ0) is 13.8.